The lowest BCUT2D eigenvalue weighted by Gasteiger charge is -2.35. The first kappa shape index (κ1) is 16.9. The molecule has 21 heavy (non-hydrogen) atoms. The monoisotopic (exact) mass is 339 g/mol. The van der Waals surface area contributed by atoms with Gasteiger partial charge in [0.15, 0.2) is 0 Å². The molecule has 3 atom stereocenters. The normalized spacial score (nSPS) is 26.6. The van der Waals surface area contributed by atoms with Crippen molar-refractivity contribution >= 4 is 23.2 Å². The second-order valence-corrected chi connectivity index (χ2v) is 6.12. The van der Waals surface area contributed by atoms with Gasteiger partial charge in [-0.05, 0) is 30.5 Å². The van der Waals surface area contributed by atoms with Gasteiger partial charge in [-0.15, -0.1) is 0 Å². The van der Waals surface area contributed by atoms with Crippen LogP contribution in [0.25, 0.3) is 0 Å². The van der Waals surface area contributed by atoms with Crippen molar-refractivity contribution in [2.75, 3.05) is 6.54 Å². The smallest absolute Gasteiger partial charge is 0.274 e. The number of halogens is 4. The Hall–Kier alpha value is -0.460. The van der Waals surface area contributed by atoms with Crippen molar-refractivity contribution < 1.29 is 19.0 Å². The van der Waals surface area contributed by atoms with Gasteiger partial charge in [0.1, 0.15) is 6.10 Å². The van der Waals surface area contributed by atoms with Crippen LogP contribution in [0.3, 0.4) is 0 Å². The fourth-order valence-electron chi connectivity index (χ4n) is 2.47. The van der Waals surface area contributed by atoms with Crippen LogP contribution in [0, 0.1) is 0 Å². The number of aliphatic hydroxyl groups is 2. The van der Waals surface area contributed by atoms with Crippen LogP contribution < -0.4 is 5.32 Å². The summed E-state index contributed by atoms with van der Waals surface area (Å²) in [7, 11) is 0. The van der Waals surface area contributed by atoms with E-state index in [1.165, 1.54) is 6.07 Å². The summed E-state index contributed by atoms with van der Waals surface area (Å²) in [6.07, 6.45) is -2.16. The van der Waals surface area contributed by atoms with Gasteiger partial charge in [0, 0.05) is 19.0 Å². The minimum Gasteiger partial charge on any atom is -0.387 e. The Morgan fingerprint density at radius 1 is 1.33 bits per heavy atom. The summed E-state index contributed by atoms with van der Waals surface area (Å²) in [4.78, 5) is 0. The third kappa shape index (κ3) is 4.05. The van der Waals surface area contributed by atoms with Crippen LogP contribution >= 0.6 is 23.2 Å². The topological polar surface area (TPSA) is 52.5 Å². The maximum atomic E-state index is 13.4. The molecule has 0 bridgehead atoms. The summed E-state index contributed by atoms with van der Waals surface area (Å²) >= 11 is 11.7. The van der Waals surface area contributed by atoms with Gasteiger partial charge in [0.05, 0.1) is 16.1 Å². The van der Waals surface area contributed by atoms with E-state index in [0.717, 1.165) is 0 Å². The highest BCUT2D eigenvalue weighted by molar-refractivity contribution is 6.42. The van der Waals surface area contributed by atoms with Crippen LogP contribution in [0.4, 0.5) is 8.78 Å². The number of benzene rings is 1. The lowest BCUT2D eigenvalue weighted by Crippen LogP contribution is -2.53. The molecule has 0 aliphatic heterocycles. The molecular weight excluding hydrogens is 323 g/mol. The quantitative estimate of drug-likeness (QED) is 0.789. The summed E-state index contributed by atoms with van der Waals surface area (Å²) in [5.74, 6) is -3.08. The molecule has 2 rings (SSSR count). The molecule has 1 aliphatic carbocycles. The fourth-order valence-corrected chi connectivity index (χ4v) is 2.78. The summed E-state index contributed by atoms with van der Waals surface area (Å²) in [5.41, 5.74) is 0.536. The number of alkyl halides is 2. The molecule has 0 radical (unpaired) electrons. The fraction of sp³-hybridized carbons (Fsp3) is 0.571. The standard InChI is InChI=1S/C14H17Cl2F2NO2/c15-9-4-3-8(6-10(9)16)12(20)7-19-11-2-1-5-14(17,18)13(11)21/h3-4,6,11-13,19-21H,1-2,5,7H2/t11-,12+,13+/m1/s1. The minimum atomic E-state index is -3.08. The van der Waals surface area contributed by atoms with E-state index in [1.807, 2.05) is 0 Å². The van der Waals surface area contributed by atoms with Gasteiger partial charge in [-0.25, -0.2) is 8.78 Å². The summed E-state index contributed by atoms with van der Waals surface area (Å²) in [5, 5.41) is 23.2. The molecule has 1 fully saturated rings. The average Bonchev–Trinajstić information content (AvgIpc) is 2.43. The Kier molecular flexibility index (Phi) is 5.43. The zero-order chi connectivity index (χ0) is 15.6. The number of nitrogens with one attached hydrogen (secondary N) is 1. The predicted octanol–water partition coefficient (Wildman–Crippen LogP) is 3.17. The first-order valence-electron chi connectivity index (χ1n) is 6.73. The lowest BCUT2D eigenvalue weighted by atomic mass is 9.89. The lowest BCUT2D eigenvalue weighted by molar-refractivity contribution is -0.144. The van der Waals surface area contributed by atoms with E-state index >= 15 is 0 Å². The van der Waals surface area contributed by atoms with Gasteiger partial charge < -0.3 is 15.5 Å². The molecule has 0 amide bonds. The summed E-state index contributed by atoms with van der Waals surface area (Å²) in [6.45, 7) is 0.0514. The van der Waals surface area contributed by atoms with Crippen LogP contribution in [0.15, 0.2) is 18.2 Å². The third-order valence-electron chi connectivity index (χ3n) is 3.74. The first-order valence-corrected chi connectivity index (χ1v) is 7.49. The Labute approximate surface area is 131 Å². The van der Waals surface area contributed by atoms with Gasteiger partial charge >= 0.3 is 0 Å². The van der Waals surface area contributed by atoms with Crippen molar-refractivity contribution in [2.24, 2.45) is 0 Å². The Balaban J connectivity index is 1.94. The molecule has 0 heterocycles. The second-order valence-electron chi connectivity index (χ2n) is 5.30. The van der Waals surface area contributed by atoms with E-state index in [-0.39, 0.29) is 13.0 Å². The number of aliphatic hydroxyl groups excluding tert-OH is 2. The van der Waals surface area contributed by atoms with E-state index in [1.54, 1.807) is 12.1 Å². The first-order chi connectivity index (χ1) is 9.81. The van der Waals surface area contributed by atoms with E-state index < -0.39 is 24.2 Å². The molecule has 0 saturated heterocycles. The Morgan fingerprint density at radius 2 is 2.05 bits per heavy atom. The van der Waals surface area contributed by atoms with Crippen LogP contribution in [0.2, 0.25) is 10.0 Å². The molecule has 1 aliphatic rings. The van der Waals surface area contributed by atoms with Crippen molar-refractivity contribution in [1.29, 1.82) is 0 Å². The second kappa shape index (κ2) is 6.75. The van der Waals surface area contributed by atoms with Gasteiger partial charge in [0.2, 0.25) is 0 Å². The molecule has 0 unspecified atom stereocenters. The van der Waals surface area contributed by atoms with E-state index in [0.29, 0.717) is 28.5 Å². The average molecular weight is 340 g/mol. The summed E-state index contributed by atoms with van der Waals surface area (Å²) in [6, 6.07) is 3.98. The van der Waals surface area contributed by atoms with E-state index in [2.05, 4.69) is 5.32 Å². The van der Waals surface area contributed by atoms with Gasteiger partial charge in [0.25, 0.3) is 5.92 Å². The highest BCUT2D eigenvalue weighted by atomic mass is 35.5. The number of hydrogen-bond donors (Lipinski definition) is 3. The third-order valence-corrected chi connectivity index (χ3v) is 4.48. The van der Waals surface area contributed by atoms with Gasteiger partial charge in [-0.3, -0.25) is 0 Å². The summed E-state index contributed by atoms with van der Waals surface area (Å²) < 4.78 is 26.8. The Morgan fingerprint density at radius 3 is 2.71 bits per heavy atom. The van der Waals surface area contributed by atoms with Gasteiger partial charge in [-0.1, -0.05) is 29.3 Å². The molecule has 1 aromatic rings. The van der Waals surface area contributed by atoms with E-state index in [9.17, 15) is 19.0 Å². The van der Waals surface area contributed by atoms with Crippen molar-refractivity contribution in [3.05, 3.63) is 33.8 Å². The zero-order valence-corrected chi connectivity index (χ0v) is 12.7. The van der Waals surface area contributed by atoms with Crippen LogP contribution in [0.5, 0.6) is 0 Å². The highest BCUT2D eigenvalue weighted by Crippen LogP contribution is 2.34. The molecular formula is C14H17Cl2F2NO2. The number of rotatable bonds is 4. The Bertz CT molecular complexity index is 502. The molecule has 118 valence electrons. The molecule has 1 saturated carbocycles. The molecule has 0 spiro atoms. The molecule has 0 aromatic heterocycles. The molecule has 3 N–H and O–H groups in total. The largest absolute Gasteiger partial charge is 0.387 e. The minimum absolute atomic E-state index is 0.0514. The highest BCUT2D eigenvalue weighted by Gasteiger charge is 2.45. The van der Waals surface area contributed by atoms with Crippen LogP contribution in [0.1, 0.15) is 30.9 Å². The SMILES string of the molecule is O[C@@H](CN[C@@H]1CCCC(F)(F)[C@H]1O)c1ccc(Cl)c(Cl)c1. The molecule has 7 heteroatoms. The number of hydrogen-bond acceptors (Lipinski definition) is 3. The van der Waals surface area contributed by atoms with Crippen molar-refractivity contribution in [3.8, 4) is 0 Å². The molecule has 3 nitrogen and oxygen atoms in total. The van der Waals surface area contributed by atoms with Crippen LogP contribution in [-0.4, -0.2) is 34.8 Å². The zero-order valence-electron chi connectivity index (χ0n) is 11.2. The van der Waals surface area contributed by atoms with Crippen molar-refractivity contribution in [2.45, 2.75) is 43.4 Å². The van der Waals surface area contributed by atoms with Crippen molar-refractivity contribution in [1.82, 2.24) is 5.32 Å². The van der Waals surface area contributed by atoms with Gasteiger partial charge in [-0.2, -0.15) is 0 Å². The van der Waals surface area contributed by atoms with E-state index in [4.69, 9.17) is 23.2 Å². The maximum absolute atomic E-state index is 13.4. The van der Waals surface area contributed by atoms with Crippen molar-refractivity contribution in [3.63, 3.8) is 0 Å². The predicted molar refractivity (Wildman–Crippen MR) is 78.0 cm³/mol. The molecule has 1 aromatic carbocycles. The maximum Gasteiger partial charge on any atom is 0.274 e. The van der Waals surface area contributed by atoms with Crippen LogP contribution in [-0.2, 0) is 0 Å².